The Morgan fingerprint density at radius 3 is 2.58 bits per heavy atom. The van der Waals surface area contributed by atoms with Crippen molar-refractivity contribution in [2.24, 2.45) is 17.3 Å². The van der Waals surface area contributed by atoms with Gasteiger partial charge in [0.1, 0.15) is 5.60 Å². The van der Waals surface area contributed by atoms with Crippen LogP contribution in [-0.4, -0.2) is 11.6 Å². The molecule has 3 fully saturated rings. The van der Waals surface area contributed by atoms with Gasteiger partial charge >= 0.3 is 5.97 Å². The summed E-state index contributed by atoms with van der Waals surface area (Å²) >= 11 is 0. The van der Waals surface area contributed by atoms with E-state index >= 15 is 0 Å². The van der Waals surface area contributed by atoms with Crippen LogP contribution in [0.15, 0.2) is 12.2 Å². The van der Waals surface area contributed by atoms with Crippen LogP contribution in [0.4, 0.5) is 0 Å². The van der Waals surface area contributed by atoms with Crippen LogP contribution in [0.1, 0.15) is 20.3 Å². The van der Waals surface area contributed by atoms with Gasteiger partial charge in [0, 0.05) is 16.9 Å². The molecule has 0 heterocycles. The first-order valence-corrected chi connectivity index (χ1v) is 4.43. The molecular weight excluding hydrogens is 152 g/mol. The number of ether oxygens (including phenoxy) is 1. The molecule has 3 rings (SSSR count). The van der Waals surface area contributed by atoms with Gasteiger partial charge in [-0.15, -0.1) is 0 Å². The van der Waals surface area contributed by atoms with Gasteiger partial charge in [0.2, 0.25) is 0 Å². The molecule has 0 bridgehead atoms. The quantitative estimate of drug-likeness (QED) is 0.457. The van der Waals surface area contributed by atoms with E-state index < -0.39 is 0 Å². The van der Waals surface area contributed by atoms with Crippen LogP contribution in [0.3, 0.4) is 0 Å². The number of hydrogen-bond acceptors (Lipinski definition) is 2. The third-order valence-electron chi connectivity index (χ3n) is 3.99. The van der Waals surface area contributed by atoms with Crippen molar-refractivity contribution >= 4 is 5.97 Å². The lowest BCUT2D eigenvalue weighted by Gasteiger charge is -2.17. The van der Waals surface area contributed by atoms with Gasteiger partial charge in [-0.1, -0.05) is 6.58 Å². The maximum absolute atomic E-state index is 11.2. The highest BCUT2D eigenvalue weighted by atomic mass is 16.6. The van der Waals surface area contributed by atoms with Gasteiger partial charge in [-0.05, 0) is 26.2 Å². The first kappa shape index (κ1) is 6.70. The standard InChI is InChI=1S/C10H12O2/c1-5(2)8(11)12-9(3)7-6-4-10(6,7)9/h6-7H,1,4H2,2-3H3. The minimum Gasteiger partial charge on any atom is -0.455 e. The van der Waals surface area contributed by atoms with E-state index in [1.54, 1.807) is 6.92 Å². The topological polar surface area (TPSA) is 26.3 Å². The Morgan fingerprint density at radius 2 is 2.25 bits per heavy atom. The highest BCUT2D eigenvalue weighted by Gasteiger charge is 3.06. The maximum Gasteiger partial charge on any atom is 0.333 e. The van der Waals surface area contributed by atoms with Gasteiger partial charge in [0.05, 0.1) is 0 Å². The average Bonchev–Trinajstić information content (AvgIpc) is 2.73. The molecule has 0 saturated heterocycles. The summed E-state index contributed by atoms with van der Waals surface area (Å²) in [5, 5.41) is 0. The van der Waals surface area contributed by atoms with Crippen molar-refractivity contribution in [2.45, 2.75) is 25.9 Å². The van der Waals surface area contributed by atoms with Crippen LogP contribution in [0.25, 0.3) is 0 Å². The van der Waals surface area contributed by atoms with Crippen LogP contribution in [0, 0.1) is 17.3 Å². The number of hydrogen-bond donors (Lipinski definition) is 0. The van der Waals surface area contributed by atoms with E-state index in [1.165, 1.54) is 6.42 Å². The molecular formula is C10H12O2. The van der Waals surface area contributed by atoms with Crippen LogP contribution in [0.2, 0.25) is 0 Å². The second-order valence-corrected chi connectivity index (χ2v) is 4.61. The molecule has 0 aromatic carbocycles. The summed E-state index contributed by atoms with van der Waals surface area (Å²) in [6.07, 6.45) is 1.29. The van der Waals surface area contributed by atoms with E-state index in [-0.39, 0.29) is 11.6 Å². The van der Waals surface area contributed by atoms with Gasteiger partial charge in [0.15, 0.2) is 0 Å². The van der Waals surface area contributed by atoms with Crippen LogP contribution < -0.4 is 0 Å². The Labute approximate surface area is 71.6 Å². The van der Waals surface area contributed by atoms with Gasteiger partial charge in [0.25, 0.3) is 0 Å². The summed E-state index contributed by atoms with van der Waals surface area (Å²) in [5.74, 6) is 1.42. The summed E-state index contributed by atoms with van der Waals surface area (Å²) in [7, 11) is 0. The molecule has 64 valence electrons. The smallest absolute Gasteiger partial charge is 0.333 e. The summed E-state index contributed by atoms with van der Waals surface area (Å²) in [6.45, 7) is 7.32. The molecule has 0 aromatic heterocycles. The van der Waals surface area contributed by atoms with Crippen molar-refractivity contribution in [1.29, 1.82) is 0 Å². The monoisotopic (exact) mass is 164 g/mol. The Bertz CT molecular complexity index is 320. The Morgan fingerprint density at radius 1 is 1.67 bits per heavy atom. The zero-order valence-electron chi connectivity index (χ0n) is 7.39. The van der Waals surface area contributed by atoms with Crippen molar-refractivity contribution in [2.75, 3.05) is 0 Å². The molecule has 4 atom stereocenters. The number of esters is 1. The molecule has 3 saturated carbocycles. The van der Waals surface area contributed by atoms with Crippen molar-refractivity contribution in [3.63, 3.8) is 0 Å². The van der Waals surface area contributed by atoms with Crippen molar-refractivity contribution in [1.82, 2.24) is 0 Å². The predicted molar refractivity (Wildman–Crippen MR) is 43.3 cm³/mol. The third kappa shape index (κ3) is 0.425. The number of fused-ring (bicyclic) bond motifs is 1. The fourth-order valence-corrected chi connectivity index (χ4v) is 2.93. The van der Waals surface area contributed by atoms with E-state index in [4.69, 9.17) is 4.74 Å². The van der Waals surface area contributed by atoms with E-state index in [0.717, 1.165) is 5.92 Å². The van der Waals surface area contributed by atoms with Crippen LogP contribution in [-0.2, 0) is 9.53 Å². The normalized spacial score (nSPS) is 56.5. The zero-order valence-corrected chi connectivity index (χ0v) is 7.39. The lowest BCUT2D eigenvalue weighted by molar-refractivity contribution is -0.148. The maximum atomic E-state index is 11.2. The van der Waals surface area contributed by atoms with E-state index in [1.807, 2.05) is 0 Å². The summed E-state index contributed by atoms with van der Waals surface area (Å²) in [6, 6.07) is 0. The fourth-order valence-electron chi connectivity index (χ4n) is 2.93. The Kier molecular flexibility index (Phi) is 0.760. The fraction of sp³-hybridized carbons (Fsp3) is 0.700. The molecule has 0 radical (unpaired) electrons. The molecule has 2 nitrogen and oxygen atoms in total. The van der Waals surface area contributed by atoms with Gasteiger partial charge in [-0.2, -0.15) is 0 Å². The summed E-state index contributed by atoms with van der Waals surface area (Å²) in [5.41, 5.74) is 0.891. The molecule has 3 aliphatic rings. The SMILES string of the molecule is C=C(C)C(=O)OC1(C)C2C3CC321. The molecule has 0 amide bonds. The molecule has 0 aromatic rings. The van der Waals surface area contributed by atoms with Crippen molar-refractivity contribution in [3.8, 4) is 0 Å². The predicted octanol–water partition coefficient (Wildman–Crippen LogP) is 1.51. The summed E-state index contributed by atoms with van der Waals surface area (Å²) in [4.78, 5) is 11.2. The van der Waals surface area contributed by atoms with E-state index in [0.29, 0.717) is 16.9 Å². The molecule has 12 heavy (non-hydrogen) atoms. The third-order valence-corrected chi connectivity index (χ3v) is 3.99. The Balaban J connectivity index is 1.70. The number of rotatable bonds is 2. The summed E-state index contributed by atoms with van der Waals surface area (Å²) < 4.78 is 5.38. The first-order chi connectivity index (χ1) is 5.54. The molecule has 3 aliphatic carbocycles. The highest BCUT2D eigenvalue weighted by molar-refractivity contribution is 5.88. The second kappa shape index (κ2) is 1.36. The van der Waals surface area contributed by atoms with Crippen molar-refractivity contribution in [3.05, 3.63) is 12.2 Å². The van der Waals surface area contributed by atoms with Gasteiger partial charge in [-0.3, -0.25) is 0 Å². The second-order valence-electron chi connectivity index (χ2n) is 4.61. The van der Waals surface area contributed by atoms with Crippen LogP contribution >= 0.6 is 0 Å². The molecule has 0 N–H and O–H groups in total. The largest absolute Gasteiger partial charge is 0.455 e. The average molecular weight is 164 g/mol. The minimum atomic E-state index is -0.218. The highest BCUT2D eigenvalue weighted by Crippen LogP contribution is 3.03. The number of carbonyl (C=O) groups is 1. The van der Waals surface area contributed by atoms with E-state index in [9.17, 15) is 4.79 Å². The lowest BCUT2D eigenvalue weighted by atomic mass is 10.1. The molecule has 2 heteroatoms. The zero-order chi connectivity index (χ0) is 8.72. The van der Waals surface area contributed by atoms with E-state index in [2.05, 4.69) is 13.5 Å². The Hall–Kier alpha value is -0.790. The van der Waals surface area contributed by atoms with Crippen LogP contribution in [0.5, 0.6) is 0 Å². The van der Waals surface area contributed by atoms with Crippen molar-refractivity contribution < 1.29 is 9.53 Å². The van der Waals surface area contributed by atoms with Gasteiger partial charge in [-0.25, -0.2) is 4.79 Å². The number of carbonyl (C=O) groups excluding carboxylic acids is 1. The lowest BCUT2D eigenvalue weighted by Crippen LogP contribution is -2.24. The first-order valence-electron chi connectivity index (χ1n) is 4.43. The molecule has 4 unspecified atom stereocenters. The molecule has 0 aliphatic heterocycles. The minimum absolute atomic E-state index is 0.0896. The molecule has 1 spiro atoms. The van der Waals surface area contributed by atoms with Gasteiger partial charge < -0.3 is 4.74 Å².